The van der Waals surface area contributed by atoms with Crippen molar-refractivity contribution in [2.24, 2.45) is 0 Å². The van der Waals surface area contributed by atoms with Crippen LogP contribution in [0.4, 0.5) is 16.2 Å². The molecule has 0 bridgehead atoms. The van der Waals surface area contributed by atoms with Gasteiger partial charge in [-0.25, -0.2) is 9.59 Å². The third-order valence-electron chi connectivity index (χ3n) is 4.24. The number of hydrogen-bond donors (Lipinski definition) is 2. The molecule has 2 aromatic rings. The minimum atomic E-state index is -0.893. The molecular weight excluding hydrogens is 380 g/mol. The van der Waals surface area contributed by atoms with E-state index < -0.39 is 29.4 Å². The molecule has 2 N–H and O–H groups in total. The Balaban J connectivity index is 1.65. The molecule has 2 aromatic carbocycles. The van der Waals surface area contributed by atoms with Crippen LogP contribution in [0.1, 0.15) is 15.9 Å². The van der Waals surface area contributed by atoms with Gasteiger partial charge in [0.1, 0.15) is 5.69 Å². The first kappa shape index (κ1) is 19.8. The average Bonchev–Trinajstić information content (AvgIpc) is 3.16. The van der Waals surface area contributed by atoms with Gasteiger partial charge in [-0.2, -0.15) is 0 Å². The smallest absolute Gasteiger partial charge is 0.338 e. The molecule has 1 aliphatic rings. The first-order chi connectivity index (χ1) is 14.0. The van der Waals surface area contributed by atoms with Crippen molar-refractivity contribution in [1.29, 1.82) is 0 Å². The molecule has 0 saturated carbocycles. The Bertz CT molecular complexity index is 947. The Hall–Kier alpha value is -3.95. The van der Waals surface area contributed by atoms with Crippen LogP contribution in [0, 0.1) is 10.1 Å². The van der Waals surface area contributed by atoms with Crippen molar-refractivity contribution >= 4 is 29.3 Å². The van der Waals surface area contributed by atoms with Crippen LogP contribution in [0.25, 0.3) is 0 Å². The molecule has 10 nitrogen and oxygen atoms in total. The lowest BCUT2D eigenvalue weighted by atomic mass is 10.1. The van der Waals surface area contributed by atoms with E-state index >= 15 is 0 Å². The van der Waals surface area contributed by atoms with Crippen molar-refractivity contribution in [3.05, 3.63) is 69.8 Å². The van der Waals surface area contributed by atoms with Crippen LogP contribution in [0.5, 0.6) is 0 Å². The van der Waals surface area contributed by atoms with Crippen molar-refractivity contribution < 1.29 is 24.0 Å². The van der Waals surface area contributed by atoms with Gasteiger partial charge in [0.05, 0.1) is 10.5 Å². The van der Waals surface area contributed by atoms with Gasteiger partial charge in [0, 0.05) is 25.7 Å². The highest BCUT2D eigenvalue weighted by atomic mass is 16.6. The summed E-state index contributed by atoms with van der Waals surface area (Å²) in [6, 6.07) is 12.7. The molecule has 0 aliphatic carbocycles. The molecule has 3 rings (SSSR count). The molecule has 10 heteroatoms. The zero-order valence-corrected chi connectivity index (χ0v) is 15.3. The molecule has 0 radical (unpaired) electrons. The Labute approximate surface area is 165 Å². The minimum Gasteiger partial charge on any atom is -0.452 e. The van der Waals surface area contributed by atoms with E-state index in [-0.39, 0.29) is 23.5 Å². The second kappa shape index (κ2) is 8.83. The van der Waals surface area contributed by atoms with E-state index in [2.05, 4.69) is 10.6 Å². The monoisotopic (exact) mass is 398 g/mol. The number of rotatable bonds is 7. The number of benzene rings is 2. The van der Waals surface area contributed by atoms with Gasteiger partial charge in [-0.3, -0.25) is 19.8 Å². The number of carbonyl (C=O) groups excluding carboxylic acids is 3. The van der Waals surface area contributed by atoms with E-state index in [4.69, 9.17) is 4.74 Å². The van der Waals surface area contributed by atoms with E-state index in [0.717, 1.165) is 16.5 Å². The Morgan fingerprint density at radius 2 is 1.97 bits per heavy atom. The van der Waals surface area contributed by atoms with Gasteiger partial charge in [-0.05, 0) is 17.7 Å². The zero-order valence-electron chi connectivity index (χ0n) is 15.3. The number of amides is 3. The second-order valence-electron chi connectivity index (χ2n) is 6.18. The fourth-order valence-electron chi connectivity index (χ4n) is 2.75. The molecule has 0 spiro atoms. The number of nitrogens with one attached hydrogen (secondary N) is 2. The highest BCUT2D eigenvalue weighted by Crippen LogP contribution is 2.26. The normalized spacial score (nSPS) is 13.0. The first-order valence-corrected chi connectivity index (χ1v) is 8.77. The zero-order chi connectivity index (χ0) is 20.8. The Morgan fingerprint density at radius 1 is 1.21 bits per heavy atom. The molecule has 1 saturated heterocycles. The molecule has 1 aliphatic heterocycles. The highest BCUT2D eigenvalue weighted by molar-refractivity contribution is 5.98. The number of nitro benzene ring substituents is 1. The molecule has 1 fully saturated rings. The summed E-state index contributed by atoms with van der Waals surface area (Å²) in [6.45, 7) is 0.274. The maximum absolute atomic E-state index is 12.2. The lowest BCUT2D eigenvalue weighted by molar-refractivity contribution is -0.384. The standard InChI is InChI=1S/C19H18N4O6/c24-17(22-9-8-20-19(22)26)12-29-18(25)14-6-7-15(16(10-14)23(27)28)21-11-13-4-2-1-3-5-13/h1-7,10,21H,8-9,11-12H2,(H,20,26). The van der Waals surface area contributed by atoms with Gasteiger partial charge < -0.3 is 15.4 Å². The third kappa shape index (κ3) is 4.86. The largest absolute Gasteiger partial charge is 0.452 e. The van der Waals surface area contributed by atoms with E-state index in [1.165, 1.54) is 12.1 Å². The van der Waals surface area contributed by atoms with Crippen LogP contribution in [0.15, 0.2) is 48.5 Å². The molecule has 0 unspecified atom stereocenters. The summed E-state index contributed by atoms with van der Waals surface area (Å²) in [5.41, 5.74) is 0.830. The number of esters is 1. The molecule has 29 heavy (non-hydrogen) atoms. The number of ether oxygens (including phenoxy) is 1. The predicted octanol–water partition coefficient (Wildman–Crippen LogP) is 1.92. The Kier molecular flexibility index (Phi) is 6.03. The number of hydrogen-bond acceptors (Lipinski definition) is 7. The highest BCUT2D eigenvalue weighted by Gasteiger charge is 2.27. The van der Waals surface area contributed by atoms with E-state index in [1.54, 1.807) is 0 Å². The number of nitro groups is 1. The van der Waals surface area contributed by atoms with Crippen LogP contribution in [-0.4, -0.2) is 47.4 Å². The number of nitrogens with zero attached hydrogens (tertiary/aromatic N) is 2. The van der Waals surface area contributed by atoms with Crippen molar-refractivity contribution in [2.45, 2.75) is 6.54 Å². The lowest BCUT2D eigenvalue weighted by Gasteiger charge is -2.12. The number of imide groups is 1. The van der Waals surface area contributed by atoms with Crippen molar-refractivity contribution in [3.63, 3.8) is 0 Å². The quantitative estimate of drug-likeness (QED) is 0.414. The maximum atomic E-state index is 12.2. The maximum Gasteiger partial charge on any atom is 0.338 e. The topological polar surface area (TPSA) is 131 Å². The van der Waals surface area contributed by atoms with Crippen LogP contribution < -0.4 is 10.6 Å². The average molecular weight is 398 g/mol. The molecule has 1 heterocycles. The summed E-state index contributed by atoms with van der Waals surface area (Å²) in [6.07, 6.45) is 0. The van der Waals surface area contributed by atoms with Gasteiger partial charge in [0.25, 0.3) is 11.6 Å². The molecule has 3 amide bonds. The second-order valence-corrected chi connectivity index (χ2v) is 6.18. The summed E-state index contributed by atoms with van der Waals surface area (Å²) in [4.78, 5) is 47.2. The van der Waals surface area contributed by atoms with Gasteiger partial charge in [0.15, 0.2) is 6.61 Å². The fraction of sp³-hybridized carbons (Fsp3) is 0.211. The third-order valence-corrected chi connectivity index (χ3v) is 4.24. The summed E-state index contributed by atoms with van der Waals surface area (Å²) < 4.78 is 4.90. The van der Waals surface area contributed by atoms with Gasteiger partial charge >= 0.3 is 12.0 Å². The molecule has 0 aromatic heterocycles. The lowest BCUT2D eigenvalue weighted by Crippen LogP contribution is -2.37. The van der Waals surface area contributed by atoms with Gasteiger partial charge in [-0.15, -0.1) is 0 Å². The van der Waals surface area contributed by atoms with Crippen LogP contribution >= 0.6 is 0 Å². The summed E-state index contributed by atoms with van der Waals surface area (Å²) in [5, 5.41) is 16.8. The van der Waals surface area contributed by atoms with Crippen molar-refractivity contribution in [2.75, 3.05) is 25.0 Å². The van der Waals surface area contributed by atoms with E-state index in [9.17, 15) is 24.5 Å². The number of anilines is 1. The van der Waals surface area contributed by atoms with Crippen LogP contribution in [0.3, 0.4) is 0 Å². The number of carbonyl (C=O) groups is 3. The van der Waals surface area contributed by atoms with Crippen LogP contribution in [0.2, 0.25) is 0 Å². The van der Waals surface area contributed by atoms with E-state index in [1.807, 2.05) is 30.3 Å². The minimum absolute atomic E-state index is 0.0689. The van der Waals surface area contributed by atoms with Crippen molar-refractivity contribution in [3.8, 4) is 0 Å². The molecular formula is C19H18N4O6. The predicted molar refractivity (Wildman–Crippen MR) is 102 cm³/mol. The first-order valence-electron chi connectivity index (χ1n) is 8.77. The van der Waals surface area contributed by atoms with Crippen molar-refractivity contribution in [1.82, 2.24) is 10.2 Å². The van der Waals surface area contributed by atoms with Crippen LogP contribution in [-0.2, 0) is 16.1 Å². The van der Waals surface area contributed by atoms with Gasteiger partial charge in [-0.1, -0.05) is 30.3 Å². The molecule has 0 atom stereocenters. The molecule has 150 valence electrons. The van der Waals surface area contributed by atoms with Gasteiger partial charge in [0.2, 0.25) is 0 Å². The SMILES string of the molecule is O=C(OCC(=O)N1CCNC1=O)c1ccc(NCc2ccccc2)c([N+](=O)[O-])c1. The summed E-state index contributed by atoms with van der Waals surface area (Å²) in [7, 11) is 0. The summed E-state index contributed by atoms with van der Waals surface area (Å²) >= 11 is 0. The fourth-order valence-corrected chi connectivity index (χ4v) is 2.75. The van der Waals surface area contributed by atoms with E-state index in [0.29, 0.717) is 13.1 Å². The Morgan fingerprint density at radius 3 is 2.62 bits per heavy atom. The number of urea groups is 1. The summed E-state index contributed by atoms with van der Waals surface area (Å²) in [5.74, 6) is -1.56.